The van der Waals surface area contributed by atoms with Crippen molar-refractivity contribution in [3.05, 3.63) is 35.4 Å². The predicted octanol–water partition coefficient (Wildman–Crippen LogP) is 5.99. The summed E-state index contributed by atoms with van der Waals surface area (Å²) >= 11 is 0. The third-order valence-electron chi connectivity index (χ3n) is 5.62. The molecule has 0 aliphatic carbocycles. The molecular formula is C27H41NO4. The fraction of sp³-hybridized carbons (Fsp3) is 0.667. The van der Waals surface area contributed by atoms with Gasteiger partial charge in [0.1, 0.15) is 0 Å². The van der Waals surface area contributed by atoms with Gasteiger partial charge in [-0.25, -0.2) is 4.79 Å². The summed E-state index contributed by atoms with van der Waals surface area (Å²) in [5, 5.41) is 2.87. The molecule has 1 fully saturated rings. The first-order valence-electron chi connectivity index (χ1n) is 12.2. The van der Waals surface area contributed by atoms with E-state index < -0.39 is 17.4 Å². The Morgan fingerprint density at radius 1 is 0.969 bits per heavy atom. The second kappa shape index (κ2) is 13.5. The number of hydrogen-bond acceptors (Lipinski definition) is 4. The molecule has 1 aromatic carbocycles. The van der Waals surface area contributed by atoms with Crippen LogP contribution in [-0.2, 0) is 20.6 Å². The van der Waals surface area contributed by atoms with Crippen LogP contribution in [0.4, 0.5) is 4.79 Å². The monoisotopic (exact) mass is 443 g/mol. The topological polar surface area (TPSA) is 56.8 Å². The van der Waals surface area contributed by atoms with Gasteiger partial charge in [0.25, 0.3) is 0 Å². The molecule has 0 atom stereocenters. The number of ether oxygens (including phenoxy) is 3. The van der Waals surface area contributed by atoms with E-state index >= 15 is 0 Å². The number of unbranched alkanes of at least 4 members (excludes halogenated alkanes) is 6. The van der Waals surface area contributed by atoms with Gasteiger partial charge < -0.3 is 19.5 Å². The lowest BCUT2D eigenvalue weighted by Crippen LogP contribution is -2.60. The summed E-state index contributed by atoms with van der Waals surface area (Å²) in [4.78, 5) is 12.3. The van der Waals surface area contributed by atoms with Gasteiger partial charge in [0.15, 0.2) is 11.3 Å². The molecule has 1 aromatic rings. The minimum absolute atomic E-state index is 0.242. The highest BCUT2D eigenvalue weighted by atomic mass is 16.7. The maximum Gasteiger partial charge on any atom is 0.408 e. The van der Waals surface area contributed by atoms with E-state index in [4.69, 9.17) is 14.2 Å². The average Bonchev–Trinajstić information content (AvgIpc) is 2.78. The number of benzene rings is 1. The predicted molar refractivity (Wildman–Crippen MR) is 129 cm³/mol. The fourth-order valence-corrected chi connectivity index (χ4v) is 3.45. The third kappa shape index (κ3) is 9.63. The molecule has 0 radical (unpaired) electrons. The smallest absolute Gasteiger partial charge is 0.408 e. The highest BCUT2D eigenvalue weighted by molar-refractivity contribution is 5.69. The molecule has 0 saturated carbocycles. The zero-order valence-corrected chi connectivity index (χ0v) is 20.4. The van der Waals surface area contributed by atoms with Gasteiger partial charge >= 0.3 is 6.09 Å². The van der Waals surface area contributed by atoms with Crippen molar-refractivity contribution >= 4 is 6.09 Å². The van der Waals surface area contributed by atoms with Crippen molar-refractivity contribution in [2.24, 2.45) is 0 Å². The van der Waals surface area contributed by atoms with Crippen LogP contribution < -0.4 is 5.32 Å². The van der Waals surface area contributed by atoms with Gasteiger partial charge in [-0.15, -0.1) is 0 Å². The standard InChI is InChI=1S/C27H41NO4/c1-5-7-9-10-11-12-13-23-14-16-24(17-15-23)18-19-27(21-31-26(3,4)32-22-27)28-25(29)30-20-8-6-2/h14-17H,5-13,20-22H2,1-4H3,(H,28,29). The number of alkyl carbamates (subject to hydrolysis) is 1. The maximum atomic E-state index is 12.3. The average molecular weight is 444 g/mol. The Morgan fingerprint density at radius 3 is 2.25 bits per heavy atom. The summed E-state index contributed by atoms with van der Waals surface area (Å²) < 4.78 is 16.9. The van der Waals surface area contributed by atoms with Crippen molar-refractivity contribution in [3.63, 3.8) is 0 Å². The maximum absolute atomic E-state index is 12.3. The molecule has 1 saturated heterocycles. The molecule has 0 spiro atoms. The van der Waals surface area contributed by atoms with Crippen LogP contribution in [0.2, 0.25) is 0 Å². The van der Waals surface area contributed by atoms with E-state index in [1.807, 2.05) is 26.0 Å². The van der Waals surface area contributed by atoms with E-state index in [9.17, 15) is 4.79 Å². The van der Waals surface area contributed by atoms with Crippen molar-refractivity contribution in [1.82, 2.24) is 5.32 Å². The van der Waals surface area contributed by atoms with Crippen LogP contribution in [0.5, 0.6) is 0 Å². The van der Waals surface area contributed by atoms with Crippen molar-refractivity contribution < 1.29 is 19.0 Å². The van der Waals surface area contributed by atoms with Gasteiger partial charge in [0.05, 0.1) is 19.8 Å². The number of rotatable bonds is 11. The van der Waals surface area contributed by atoms with Crippen molar-refractivity contribution in [2.75, 3.05) is 19.8 Å². The Morgan fingerprint density at radius 2 is 1.59 bits per heavy atom. The lowest BCUT2D eigenvalue weighted by atomic mass is 9.99. The molecule has 1 aliphatic rings. The van der Waals surface area contributed by atoms with Crippen LogP contribution in [0, 0.1) is 11.8 Å². The van der Waals surface area contributed by atoms with Gasteiger partial charge in [-0.3, -0.25) is 0 Å². The Labute approximate surface area is 194 Å². The molecule has 178 valence electrons. The van der Waals surface area contributed by atoms with Crippen LogP contribution in [-0.4, -0.2) is 37.2 Å². The molecule has 1 heterocycles. The Balaban J connectivity index is 1.96. The van der Waals surface area contributed by atoms with Gasteiger partial charge in [-0.1, -0.05) is 76.3 Å². The van der Waals surface area contributed by atoms with E-state index in [-0.39, 0.29) is 13.2 Å². The van der Waals surface area contributed by atoms with Crippen LogP contribution in [0.15, 0.2) is 24.3 Å². The fourth-order valence-electron chi connectivity index (χ4n) is 3.45. The third-order valence-corrected chi connectivity index (χ3v) is 5.62. The van der Waals surface area contributed by atoms with Crippen LogP contribution in [0.1, 0.15) is 90.2 Å². The van der Waals surface area contributed by atoms with E-state index in [1.165, 1.54) is 44.1 Å². The lowest BCUT2D eigenvalue weighted by Gasteiger charge is -2.40. The minimum atomic E-state index is -0.935. The molecule has 5 nitrogen and oxygen atoms in total. The summed E-state index contributed by atoms with van der Waals surface area (Å²) in [7, 11) is 0. The minimum Gasteiger partial charge on any atom is -0.450 e. The normalized spacial score (nSPS) is 16.6. The first kappa shape index (κ1) is 26.2. The second-order valence-corrected chi connectivity index (χ2v) is 9.14. The number of aryl methyl sites for hydroxylation is 1. The Hall–Kier alpha value is -2.03. The molecule has 2 rings (SSSR count). The van der Waals surface area contributed by atoms with E-state index in [1.54, 1.807) is 0 Å². The molecule has 0 aromatic heterocycles. The van der Waals surface area contributed by atoms with Crippen molar-refractivity contribution in [2.45, 2.75) is 96.8 Å². The van der Waals surface area contributed by atoms with Crippen LogP contribution in [0.3, 0.4) is 0 Å². The number of carbonyl (C=O) groups excluding carboxylic acids is 1. The molecule has 0 bridgehead atoms. The number of carbonyl (C=O) groups is 1. The van der Waals surface area contributed by atoms with Gasteiger partial charge in [0, 0.05) is 5.56 Å². The van der Waals surface area contributed by atoms with Crippen LogP contribution in [0.25, 0.3) is 0 Å². The quantitative estimate of drug-likeness (QED) is 0.337. The van der Waals surface area contributed by atoms with Crippen molar-refractivity contribution in [1.29, 1.82) is 0 Å². The Bertz CT molecular complexity index is 735. The molecule has 0 unspecified atom stereocenters. The summed E-state index contributed by atoms with van der Waals surface area (Å²) in [6.45, 7) is 8.88. The number of nitrogens with one attached hydrogen (secondary N) is 1. The summed E-state index contributed by atoms with van der Waals surface area (Å²) in [5.74, 6) is 5.69. The Kier molecular flexibility index (Phi) is 11.1. The van der Waals surface area contributed by atoms with Crippen LogP contribution >= 0.6 is 0 Å². The largest absolute Gasteiger partial charge is 0.450 e. The van der Waals surface area contributed by atoms with Gasteiger partial charge in [-0.2, -0.15) is 0 Å². The van der Waals surface area contributed by atoms with Crippen molar-refractivity contribution in [3.8, 4) is 11.8 Å². The zero-order valence-electron chi connectivity index (χ0n) is 20.4. The number of amides is 1. The van der Waals surface area contributed by atoms with E-state index in [0.717, 1.165) is 24.8 Å². The molecular weight excluding hydrogens is 402 g/mol. The molecule has 1 N–H and O–H groups in total. The molecule has 5 heteroatoms. The summed E-state index contributed by atoms with van der Waals surface area (Å²) in [6, 6.07) is 8.38. The lowest BCUT2D eigenvalue weighted by molar-refractivity contribution is -0.262. The molecule has 1 amide bonds. The summed E-state index contributed by atoms with van der Waals surface area (Å²) in [5.41, 5.74) is 1.31. The SMILES string of the molecule is CCCCCCCCc1ccc(C#CC2(NC(=O)OCCCC)COC(C)(C)OC2)cc1. The first-order valence-corrected chi connectivity index (χ1v) is 12.2. The molecule has 1 aliphatic heterocycles. The molecule has 32 heavy (non-hydrogen) atoms. The summed E-state index contributed by atoms with van der Waals surface area (Å²) in [6.07, 6.45) is 10.2. The van der Waals surface area contributed by atoms with Gasteiger partial charge in [0.2, 0.25) is 0 Å². The highest BCUT2D eigenvalue weighted by Crippen LogP contribution is 2.23. The van der Waals surface area contributed by atoms with Gasteiger partial charge in [-0.05, 0) is 50.8 Å². The first-order chi connectivity index (χ1) is 15.4. The van der Waals surface area contributed by atoms with E-state index in [2.05, 4.69) is 43.1 Å². The van der Waals surface area contributed by atoms with E-state index in [0.29, 0.717) is 6.61 Å². The highest BCUT2D eigenvalue weighted by Gasteiger charge is 2.40. The zero-order chi connectivity index (χ0) is 23.3. The second-order valence-electron chi connectivity index (χ2n) is 9.14. The number of hydrogen-bond donors (Lipinski definition) is 1.